The third-order valence-corrected chi connectivity index (χ3v) is 2.15. The van der Waals surface area contributed by atoms with E-state index in [1.807, 2.05) is 0 Å². The van der Waals surface area contributed by atoms with Crippen LogP contribution >= 0.6 is 0 Å². The number of carbonyl (C=O) groups excluding carboxylic acids is 1. The van der Waals surface area contributed by atoms with Crippen molar-refractivity contribution in [1.29, 1.82) is 0 Å². The molecule has 2 rings (SSSR count). The predicted octanol–water partition coefficient (Wildman–Crippen LogP) is 1.06. The van der Waals surface area contributed by atoms with Crippen molar-refractivity contribution in [1.82, 2.24) is 10.1 Å². The van der Waals surface area contributed by atoms with Crippen molar-refractivity contribution in [3.05, 3.63) is 41.9 Å². The van der Waals surface area contributed by atoms with Crippen LogP contribution in [0.5, 0.6) is 0 Å². The highest BCUT2D eigenvalue weighted by Crippen LogP contribution is 2.05. The lowest BCUT2D eigenvalue weighted by molar-refractivity contribution is 0.102. The molecule has 0 radical (unpaired) electrons. The number of aliphatic hydroxyl groups excluding tert-OH is 1. The first-order valence-electron chi connectivity index (χ1n) is 5.57. The summed E-state index contributed by atoms with van der Waals surface area (Å²) in [4.78, 5) is 15.8. The van der Waals surface area contributed by atoms with Crippen molar-refractivity contribution >= 4 is 11.7 Å². The van der Waals surface area contributed by atoms with Crippen LogP contribution in [-0.4, -0.2) is 27.8 Å². The monoisotopic (exact) mass is 257 g/mol. The van der Waals surface area contributed by atoms with Crippen LogP contribution < -0.4 is 5.32 Å². The SMILES string of the molecule is O=C(Nc1ccon1)c1ccc(C#CCCO)cn1. The van der Waals surface area contributed by atoms with E-state index in [1.165, 1.54) is 18.5 Å². The highest BCUT2D eigenvalue weighted by molar-refractivity contribution is 6.02. The molecule has 0 bridgehead atoms. The summed E-state index contributed by atoms with van der Waals surface area (Å²) in [6, 6.07) is 4.79. The summed E-state index contributed by atoms with van der Waals surface area (Å²) in [6.07, 6.45) is 3.28. The summed E-state index contributed by atoms with van der Waals surface area (Å²) in [5, 5.41) is 14.7. The van der Waals surface area contributed by atoms with Gasteiger partial charge in [0.2, 0.25) is 0 Å². The van der Waals surface area contributed by atoms with Gasteiger partial charge >= 0.3 is 0 Å². The van der Waals surface area contributed by atoms with Gasteiger partial charge in [-0.25, -0.2) is 4.98 Å². The lowest BCUT2D eigenvalue weighted by Crippen LogP contribution is -2.13. The Bertz CT molecular complexity index is 594. The smallest absolute Gasteiger partial charge is 0.275 e. The second-order valence-corrected chi connectivity index (χ2v) is 3.55. The number of rotatable bonds is 3. The molecule has 0 spiro atoms. The molecule has 0 atom stereocenters. The summed E-state index contributed by atoms with van der Waals surface area (Å²) in [5.74, 6) is 5.56. The van der Waals surface area contributed by atoms with E-state index >= 15 is 0 Å². The highest BCUT2D eigenvalue weighted by Gasteiger charge is 2.08. The number of aromatic nitrogens is 2. The summed E-state index contributed by atoms with van der Waals surface area (Å²) in [7, 11) is 0. The predicted molar refractivity (Wildman–Crippen MR) is 67.3 cm³/mol. The number of hydrogen-bond donors (Lipinski definition) is 2. The number of amides is 1. The van der Waals surface area contributed by atoms with E-state index in [0.29, 0.717) is 17.8 Å². The molecule has 0 unspecified atom stereocenters. The summed E-state index contributed by atoms with van der Waals surface area (Å²) < 4.78 is 4.60. The van der Waals surface area contributed by atoms with Gasteiger partial charge in [-0.05, 0) is 12.1 Å². The maximum absolute atomic E-state index is 11.8. The molecule has 2 aromatic rings. The van der Waals surface area contributed by atoms with E-state index < -0.39 is 0 Å². The average molecular weight is 257 g/mol. The van der Waals surface area contributed by atoms with Gasteiger partial charge in [0.05, 0.1) is 6.61 Å². The van der Waals surface area contributed by atoms with Gasteiger partial charge in [-0.1, -0.05) is 17.0 Å². The van der Waals surface area contributed by atoms with Crippen LogP contribution in [0.4, 0.5) is 5.82 Å². The van der Waals surface area contributed by atoms with Gasteiger partial charge in [-0.3, -0.25) is 4.79 Å². The van der Waals surface area contributed by atoms with Crippen LogP contribution in [0, 0.1) is 11.8 Å². The summed E-state index contributed by atoms with van der Waals surface area (Å²) in [5.41, 5.74) is 0.946. The Labute approximate surface area is 109 Å². The Morgan fingerprint density at radius 2 is 2.32 bits per heavy atom. The fourth-order valence-corrected chi connectivity index (χ4v) is 1.28. The van der Waals surface area contributed by atoms with E-state index in [0.717, 1.165) is 0 Å². The van der Waals surface area contributed by atoms with E-state index in [1.54, 1.807) is 12.1 Å². The van der Waals surface area contributed by atoms with Crippen molar-refractivity contribution < 1.29 is 14.4 Å². The molecule has 2 N–H and O–H groups in total. The van der Waals surface area contributed by atoms with Gasteiger partial charge in [0.15, 0.2) is 5.82 Å². The quantitative estimate of drug-likeness (QED) is 0.802. The van der Waals surface area contributed by atoms with E-state index in [9.17, 15) is 4.79 Å². The zero-order chi connectivity index (χ0) is 13.5. The first-order valence-corrected chi connectivity index (χ1v) is 5.57. The topological polar surface area (TPSA) is 88.2 Å². The van der Waals surface area contributed by atoms with Gasteiger partial charge < -0.3 is 14.9 Å². The van der Waals surface area contributed by atoms with Crippen molar-refractivity contribution in [3.8, 4) is 11.8 Å². The zero-order valence-electron chi connectivity index (χ0n) is 9.96. The molecule has 0 aliphatic rings. The number of nitrogens with zero attached hydrogens (tertiary/aromatic N) is 2. The Morgan fingerprint density at radius 3 is 2.95 bits per heavy atom. The number of pyridine rings is 1. The van der Waals surface area contributed by atoms with Gasteiger partial charge in [0, 0.05) is 24.2 Å². The molecule has 0 fully saturated rings. The van der Waals surface area contributed by atoms with Gasteiger partial charge in [-0.2, -0.15) is 0 Å². The molecule has 2 aromatic heterocycles. The van der Waals surface area contributed by atoms with Crippen LogP contribution in [0.25, 0.3) is 0 Å². The van der Waals surface area contributed by atoms with Crippen molar-refractivity contribution in [2.24, 2.45) is 0 Å². The Morgan fingerprint density at radius 1 is 1.42 bits per heavy atom. The molecule has 96 valence electrons. The standard InChI is InChI=1S/C13H11N3O3/c17-7-2-1-3-10-4-5-11(14-9-10)13(18)15-12-6-8-19-16-12/h4-6,8-9,17H,2,7H2,(H,15,16,18). The fourth-order valence-electron chi connectivity index (χ4n) is 1.28. The zero-order valence-corrected chi connectivity index (χ0v) is 9.96. The van der Waals surface area contributed by atoms with Crippen LogP contribution in [0.1, 0.15) is 22.5 Å². The van der Waals surface area contributed by atoms with E-state index in [4.69, 9.17) is 5.11 Å². The molecule has 1 amide bonds. The fraction of sp³-hybridized carbons (Fsp3) is 0.154. The number of anilines is 1. The van der Waals surface area contributed by atoms with Crippen molar-refractivity contribution in [2.75, 3.05) is 11.9 Å². The lowest BCUT2D eigenvalue weighted by Gasteiger charge is -2.00. The Balaban J connectivity index is 2.02. The highest BCUT2D eigenvalue weighted by atomic mass is 16.5. The summed E-state index contributed by atoms with van der Waals surface area (Å²) >= 11 is 0. The Hall–Kier alpha value is -2.65. The lowest BCUT2D eigenvalue weighted by atomic mass is 10.2. The molecule has 6 heteroatoms. The maximum Gasteiger partial charge on any atom is 0.275 e. The largest absolute Gasteiger partial charge is 0.395 e. The minimum atomic E-state index is -0.372. The molecule has 2 heterocycles. The Kier molecular flexibility index (Phi) is 4.26. The molecule has 0 saturated heterocycles. The minimum absolute atomic E-state index is 0.0264. The van der Waals surface area contributed by atoms with Crippen molar-refractivity contribution in [2.45, 2.75) is 6.42 Å². The normalized spacial score (nSPS) is 9.53. The van der Waals surface area contributed by atoms with Gasteiger partial charge in [-0.15, -0.1) is 0 Å². The molecule has 0 aromatic carbocycles. The molecular formula is C13H11N3O3. The molecular weight excluding hydrogens is 246 g/mol. The van der Waals surface area contributed by atoms with Crippen LogP contribution in [0.3, 0.4) is 0 Å². The third kappa shape index (κ3) is 3.66. The third-order valence-electron chi connectivity index (χ3n) is 2.15. The van der Waals surface area contributed by atoms with E-state index in [2.05, 4.69) is 31.8 Å². The molecule has 6 nitrogen and oxygen atoms in total. The molecule has 0 saturated carbocycles. The van der Waals surface area contributed by atoms with Crippen LogP contribution in [0.15, 0.2) is 35.2 Å². The van der Waals surface area contributed by atoms with Crippen LogP contribution in [-0.2, 0) is 0 Å². The van der Waals surface area contributed by atoms with Crippen molar-refractivity contribution in [3.63, 3.8) is 0 Å². The number of carbonyl (C=O) groups is 1. The average Bonchev–Trinajstić information content (AvgIpc) is 2.93. The van der Waals surface area contributed by atoms with Gasteiger partial charge in [0.25, 0.3) is 5.91 Å². The molecule has 19 heavy (non-hydrogen) atoms. The summed E-state index contributed by atoms with van der Waals surface area (Å²) in [6.45, 7) is 0.0264. The van der Waals surface area contributed by atoms with Crippen LogP contribution in [0.2, 0.25) is 0 Å². The molecule has 0 aliphatic heterocycles. The van der Waals surface area contributed by atoms with E-state index in [-0.39, 0.29) is 18.2 Å². The maximum atomic E-state index is 11.8. The first-order chi connectivity index (χ1) is 9.29. The number of nitrogens with one attached hydrogen (secondary N) is 1. The number of aliphatic hydroxyl groups is 1. The molecule has 0 aliphatic carbocycles. The minimum Gasteiger partial charge on any atom is -0.395 e. The second-order valence-electron chi connectivity index (χ2n) is 3.55. The van der Waals surface area contributed by atoms with Gasteiger partial charge in [0.1, 0.15) is 12.0 Å². The number of hydrogen-bond acceptors (Lipinski definition) is 5. The second kappa shape index (κ2) is 6.33. The first kappa shape index (κ1) is 12.8.